The number of benzene rings is 2. The van der Waals surface area contributed by atoms with Crippen molar-refractivity contribution in [2.24, 2.45) is 0 Å². The summed E-state index contributed by atoms with van der Waals surface area (Å²) in [4.78, 5) is 12.3. The van der Waals surface area contributed by atoms with Crippen LogP contribution in [0, 0.1) is 0 Å². The second-order valence-corrected chi connectivity index (χ2v) is 5.22. The van der Waals surface area contributed by atoms with Gasteiger partial charge in [-0.15, -0.1) is 0 Å². The Morgan fingerprint density at radius 2 is 1.95 bits per heavy atom. The van der Waals surface area contributed by atoms with Gasteiger partial charge in [-0.05, 0) is 53.9 Å². The number of hydrogen-bond acceptors (Lipinski definition) is 3. The van der Waals surface area contributed by atoms with Gasteiger partial charge in [0.2, 0.25) is 0 Å². The maximum absolute atomic E-state index is 12.3. The molecular formula is C17H18N2O2. The zero-order chi connectivity index (χ0) is 14.7. The molecule has 0 fully saturated rings. The molecular weight excluding hydrogens is 264 g/mol. The molecule has 0 saturated heterocycles. The number of anilines is 1. The van der Waals surface area contributed by atoms with Crippen molar-refractivity contribution < 1.29 is 9.90 Å². The lowest BCUT2D eigenvalue weighted by molar-refractivity contribution is 0.102. The summed E-state index contributed by atoms with van der Waals surface area (Å²) in [5.41, 5.74) is 4.74. The Morgan fingerprint density at radius 1 is 1.14 bits per heavy atom. The predicted molar refractivity (Wildman–Crippen MR) is 82.2 cm³/mol. The zero-order valence-corrected chi connectivity index (χ0v) is 11.7. The minimum absolute atomic E-state index is 0.00600. The fourth-order valence-electron chi connectivity index (χ4n) is 2.52. The van der Waals surface area contributed by atoms with E-state index in [9.17, 15) is 4.79 Å². The van der Waals surface area contributed by atoms with E-state index in [1.807, 2.05) is 18.2 Å². The van der Waals surface area contributed by atoms with Crippen molar-refractivity contribution in [2.45, 2.75) is 19.6 Å². The molecule has 1 aliphatic rings. The van der Waals surface area contributed by atoms with E-state index in [0.29, 0.717) is 5.56 Å². The van der Waals surface area contributed by atoms with Crippen molar-refractivity contribution in [3.63, 3.8) is 0 Å². The van der Waals surface area contributed by atoms with Gasteiger partial charge in [0.15, 0.2) is 0 Å². The van der Waals surface area contributed by atoms with Crippen LogP contribution in [-0.4, -0.2) is 17.6 Å². The summed E-state index contributed by atoms with van der Waals surface area (Å²) in [6, 6.07) is 13.1. The van der Waals surface area contributed by atoms with Crippen molar-refractivity contribution in [1.29, 1.82) is 0 Å². The molecule has 0 atom stereocenters. The number of fused-ring (bicyclic) bond motifs is 1. The van der Waals surface area contributed by atoms with Crippen LogP contribution in [-0.2, 0) is 19.6 Å². The number of rotatable bonds is 3. The normalized spacial score (nSPS) is 13.6. The monoisotopic (exact) mass is 282 g/mol. The van der Waals surface area contributed by atoms with Gasteiger partial charge in [0, 0.05) is 17.8 Å². The van der Waals surface area contributed by atoms with Crippen LogP contribution >= 0.6 is 0 Å². The standard InChI is InChI=1S/C17H18N2O2/c20-11-12-1-5-16(6-2-12)19-17(21)14-4-3-13-7-8-18-10-15(13)9-14/h1-6,9,18,20H,7-8,10-11H2,(H,19,21). The molecule has 3 rings (SSSR count). The van der Waals surface area contributed by atoms with Crippen LogP contribution in [0.3, 0.4) is 0 Å². The van der Waals surface area contributed by atoms with Gasteiger partial charge in [0.05, 0.1) is 6.61 Å². The minimum atomic E-state index is -0.111. The SMILES string of the molecule is O=C(Nc1ccc(CO)cc1)c1ccc2c(c1)CNCC2. The van der Waals surface area contributed by atoms with Gasteiger partial charge in [-0.25, -0.2) is 0 Å². The van der Waals surface area contributed by atoms with E-state index >= 15 is 0 Å². The van der Waals surface area contributed by atoms with Crippen LogP contribution in [0.15, 0.2) is 42.5 Å². The highest BCUT2D eigenvalue weighted by Crippen LogP contribution is 2.17. The van der Waals surface area contributed by atoms with Crippen molar-refractivity contribution in [2.75, 3.05) is 11.9 Å². The average molecular weight is 282 g/mol. The molecule has 0 aliphatic carbocycles. The molecule has 1 aliphatic heterocycles. The van der Waals surface area contributed by atoms with Crippen LogP contribution in [0.1, 0.15) is 27.0 Å². The van der Waals surface area contributed by atoms with Crippen molar-refractivity contribution in [3.05, 3.63) is 64.7 Å². The van der Waals surface area contributed by atoms with Crippen LogP contribution < -0.4 is 10.6 Å². The molecule has 2 aromatic rings. The molecule has 3 N–H and O–H groups in total. The van der Waals surface area contributed by atoms with Gasteiger partial charge in [-0.3, -0.25) is 4.79 Å². The summed E-state index contributed by atoms with van der Waals surface area (Å²) < 4.78 is 0. The first-order chi connectivity index (χ1) is 10.3. The van der Waals surface area contributed by atoms with Crippen LogP contribution in [0.2, 0.25) is 0 Å². The van der Waals surface area contributed by atoms with E-state index < -0.39 is 0 Å². The van der Waals surface area contributed by atoms with Gasteiger partial charge >= 0.3 is 0 Å². The number of aliphatic hydroxyl groups is 1. The van der Waals surface area contributed by atoms with Crippen molar-refractivity contribution in [1.82, 2.24) is 5.32 Å². The largest absolute Gasteiger partial charge is 0.392 e. The molecule has 4 heteroatoms. The van der Waals surface area contributed by atoms with E-state index in [4.69, 9.17) is 5.11 Å². The lowest BCUT2D eigenvalue weighted by Crippen LogP contribution is -2.24. The summed E-state index contributed by atoms with van der Waals surface area (Å²) >= 11 is 0. The average Bonchev–Trinajstić information content (AvgIpc) is 2.55. The number of carbonyl (C=O) groups excluding carboxylic acids is 1. The summed E-state index contributed by atoms with van der Waals surface area (Å²) in [5, 5.41) is 15.2. The molecule has 21 heavy (non-hydrogen) atoms. The molecule has 0 radical (unpaired) electrons. The Kier molecular flexibility index (Phi) is 3.99. The number of amides is 1. The molecule has 0 unspecified atom stereocenters. The summed E-state index contributed by atoms with van der Waals surface area (Å²) in [7, 11) is 0. The summed E-state index contributed by atoms with van der Waals surface area (Å²) in [5.74, 6) is -0.111. The first-order valence-corrected chi connectivity index (χ1v) is 7.10. The molecule has 0 saturated carbocycles. The van der Waals surface area contributed by atoms with Crippen LogP contribution in [0.4, 0.5) is 5.69 Å². The Balaban J connectivity index is 1.75. The lowest BCUT2D eigenvalue weighted by atomic mass is 9.98. The van der Waals surface area contributed by atoms with Gasteiger partial charge < -0.3 is 15.7 Å². The molecule has 0 aromatic heterocycles. The quantitative estimate of drug-likeness (QED) is 0.807. The molecule has 4 nitrogen and oxygen atoms in total. The molecule has 1 amide bonds. The second-order valence-electron chi connectivity index (χ2n) is 5.22. The van der Waals surface area contributed by atoms with Crippen molar-refractivity contribution >= 4 is 11.6 Å². The third kappa shape index (κ3) is 3.12. The van der Waals surface area contributed by atoms with Crippen LogP contribution in [0.25, 0.3) is 0 Å². The van der Waals surface area contributed by atoms with E-state index in [1.165, 1.54) is 11.1 Å². The Labute approximate surface area is 123 Å². The third-order valence-corrected chi connectivity index (χ3v) is 3.75. The molecule has 108 valence electrons. The second kappa shape index (κ2) is 6.08. The maximum Gasteiger partial charge on any atom is 0.255 e. The number of carbonyl (C=O) groups is 1. The highest BCUT2D eigenvalue weighted by Gasteiger charge is 2.12. The van der Waals surface area contributed by atoms with Crippen LogP contribution in [0.5, 0.6) is 0 Å². The van der Waals surface area contributed by atoms with Crippen molar-refractivity contribution in [3.8, 4) is 0 Å². The highest BCUT2D eigenvalue weighted by atomic mass is 16.3. The van der Waals surface area contributed by atoms with E-state index in [1.54, 1.807) is 24.3 Å². The number of hydrogen-bond donors (Lipinski definition) is 3. The first-order valence-electron chi connectivity index (χ1n) is 7.10. The first kappa shape index (κ1) is 13.8. The lowest BCUT2D eigenvalue weighted by Gasteiger charge is -2.17. The van der Waals surface area contributed by atoms with Gasteiger partial charge in [0.1, 0.15) is 0 Å². The van der Waals surface area contributed by atoms with E-state index in [-0.39, 0.29) is 12.5 Å². The Bertz CT molecular complexity index is 650. The summed E-state index contributed by atoms with van der Waals surface area (Å²) in [6.45, 7) is 1.82. The zero-order valence-electron chi connectivity index (χ0n) is 11.7. The fraction of sp³-hybridized carbons (Fsp3) is 0.235. The maximum atomic E-state index is 12.3. The van der Waals surface area contributed by atoms with E-state index in [2.05, 4.69) is 10.6 Å². The van der Waals surface area contributed by atoms with Gasteiger partial charge in [0.25, 0.3) is 5.91 Å². The minimum Gasteiger partial charge on any atom is -0.392 e. The third-order valence-electron chi connectivity index (χ3n) is 3.75. The smallest absolute Gasteiger partial charge is 0.255 e. The molecule has 1 heterocycles. The fourth-order valence-corrected chi connectivity index (χ4v) is 2.52. The Hall–Kier alpha value is -2.17. The van der Waals surface area contributed by atoms with Gasteiger partial charge in [-0.1, -0.05) is 18.2 Å². The number of aliphatic hydroxyl groups excluding tert-OH is 1. The van der Waals surface area contributed by atoms with Gasteiger partial charge in [-0.2, -0.15) is 0 Å². The Morgan fingerprint density at radius 3 is 2.71 bits per heavy atom. The molecule has 0 bridgehead atoms. The summed E-state index contributed by atoms with van der Waals surface area (Å²) in [6.07, 6.45) is 1.01. The van der Waals surface area contributed by atoms with E-state index in [0.717, 1.165) is 30.8 Å². The topological polar surface area (TPSA) is 61.4 Å². The molecule has 2 aromatic carbocycles. The predicted octanol–water partition coefficient (Wildman–Crippen LogP) is 2.08. The number of nitrogens with one attached hydrogen (secondary N) is 2. The molecule has 0 spiro atoms. The highest BCUT2D eigenvalue weighted by molar-refractivity contribution is 6.04.